The number of ether oxygens (including phenoxy) is 1. The molecule has 1 amide bonds. The zero-order valence-corrected chi connectivity index (χ0v) is 12.2. The predicted molar refractivity (Wildman–Crippen MR) is 78.1 cm³/mol. The standard InChI is InChI=1S/C15H17N3O3/c1-10-5-6-12(15(20)21-3)9-13(10)17-14(19)11(2)18-8-4-7-16-18/h4-9,11H,1-3H3,(H,17,19)/t11-/m0/s1. The van der Waals surface area contributed by atoms with Gasteiger partial charge in [-0.05, 0) is 37.6 Å². The molecule has 2 aromatic rings. The van der Waals surface area contributed by atoms with Crippen LogP contribution in [0.2, 0.25) is 0 Å². The summed E-state index contributed by atoms with van der Waals surface area (Å²) in [5.41, 5.74) is 1.84. The molecule has 6 nitrogen and oxygen atoms in total. The van der Waals surface area contributed by atoms with E-state index in [9.17, 15) is 9.59 Å². The van der Waals surface area contributed by atoms with Crippen LogP contribution in [0.15, 0.2) is 36.7 Å². The second-order valence-corrected chi connectivity index (χ2v) is 4.67. The maximum atomic E-state index is 12.2. The van der Waals surface area contributed by atoms with Crippen molar-refractivity contribution in [2.24, 2.45) is 0 Å². The number of aromatic nitrogens is 2. The zero-order chi connectivity index (χ0) is 15.4. The highest BCUT2D eigenvalue weighted by atomic mass is 16.5. The van der Waals surface area contributed by atoms with Gasteiger partial charge in [-0.25, -0.2) is 4.79 Å². The molecule has 0 spiro atoms. The molecule has 0 aliphatic heterocycles. The van der Waals surface area contributed by atoms with Crippen molar-refractivity contribution in [2.45, 2.75) is 19.9 Å². The van der Waals surface area contributed by atoms with Gasteiger partial charge in [0.2, 0.25) is 5.91 Å². The van der Waals surface area contributed by atoms with Gasteiger partial charge in [-0.15, -0.1) is 0 Å². The van der Waals surface area contributed by atoms with Crippen LogP contribution in [0, 0.1) is 6.92 Å². The summed E-state index contributed by atoms with van der Waals surface area (Å²) in [6, 6.07) is 6.34. The Kier molecular flexibility index (Phi) is 4.37. The Morgan fingerprint density at radius 2 is 2.14 bits per heavy atom. The number of carbonyl (C=O) groups is 2. The Balaban J connectivity index is 2.19. The first-order chi connectivity index (χ1) is 10.0. The fourth-order valence-electron chi connectivity index (χ4n) is 1.87. The van der Waals surface area contributed by atoms with Crippen molar-refractivity contribution in [2.75, 3.05) is 12.4 Å². The van der Waals surface area contributed by atoms with Crippen molar-refractivity contribution in [3.8, 4) is 0 Å². The molecule has 2 rings (SSSR count). The van der Waals surface area contributed by atoms with E-state index in [0.717, 1.165) is 5.56 Å². The number of benzene rings is 1. The first kappa shape index (κ1) is 14.8. The minimum absolute atomic E-state index is 0.205. The average Bonchev–Trinajstić information content (AvgIpc) is 3.02. The number of nitrogens with one attached hydrogen (secondary N) is 1. The molecule has 0 aliphatic rings. The molecule has 110 valence electrons. The van der Waals surface area contributed by atoms with E-state index in [4.69, 9.17) is 0 Å². The summed E-state index contributed by atoms with van der Waals surface area (Å²) in [5.74, 6) is -0.644. The number of nitrogens with zero attached hydrogens (tertiary/aromatic N) is 2. The number of amides is 1. The monoisotopic (exact) mass is 287 g/mol. The van der Waals surface area contributed by atoms with Gasteiger partial charge in [-0.2, -0.15) is 5.10 Å². The maximum Gasteiger partial charge on any atom is 0.337 e. The molecule has 1 aromatic heterocycles. The van der Waals surface area contributed by atoms with Gasteiger partial charge in [0.25, 0.3) is 0 Å². The zero-order valence-electron chi connectivity index (χ0n) is 12.2. The first-order valence-corrected chi connectivity index (χ1v) is 6.52. The van der Waals surface area contributed by atoms with Gasteiger partial charge in [0.15, 0.2) is 0 Å². The lowest BCUT2D eigenvalue weighted by Crippen LogP contribution is -2.24. The van der Waals surface area contributed by atoms with Gasteiger partial charge in [0, 0.05) is 18.1 Å². The summed E-state index contributed by atoms with van der Waals surface area (Å²) in [5, 5.41) is 6.85. The maximum absolute atomic E-state index is 12.2. The number of aryl methyl sites for hydroxylation is 1. The molecule has 0 radical (unpaired) electrons. The fraction of sp³-hybridized carbons (Fsp3) is 0.267. The second-order valence-electron chi connectivity index (χ2n) is 4.67. The lowest BCUT2D eigenvalue weighted by molar-refractivity contribution is -0.119. The topological polar surface area (TPSA) is 73.2 Å². The van der Waals surface area contributed by atoms with Gasteiger partial charge in [-0.3, -0.25) is 9.48 Å². The Bertz CT molecular complexity index is 650. The lowest BCUT2D eigenvalue weighted by atomic mass is 10.1. The van der Waals surface area contributed by atoms with Crippen LogP contribution < -0.4 is 5.32 Å². The average molecular weight is 287 g/mol. The molecule has 0 bridgehead atoms. The lowest BCUT2D eigenvalue weighted by Gasteiger charge is -2.14. The van der Waals surface area contributed by atoms with Crippen LogP contribution >= 0.6 is 0 Å². The van der Waals surface area contributed by atoms with Crippen molar-refractivity contribution in [3.05, 3.63) is 47.8 Å². The van der Waals surface area contributed by atoms with E-state index in [0.29, 0.717) is 11.3 Å². The highest BCUT2D eigenvalue weighted by molar-refractivity contribution is 5.96. The predicted octanol–water partition coefficient (Wildman–Crippen LogP) is 2.18. The Morgan fingerprint density at radius 1 is 1.38 bits per heavy atom. The quantitative estimate of drug-likeness (QED) is 0.875. The van der Waals surface area contributed by atoms with Crippen LogP contribution in [0.3, 0.4) is 0 Å². The molecule has 1 aromatic carbocycles. The van der Waals surface area contributed by atoms with Crippen molar-refractivity contribution in [3.63, 3.8) is 0 Å². The van der Waals surface area contributed by atoms with Crippen molar-refractivity contribution in [1.82, 2.24) is 9.78 Å². The highest BCUT2D eigenvalue weighted by Gasteiger charge is 2.17. The van der Waals surface area contributed by atoms with E-state index in [2.05, 4.69) is 15.2 Å². The summed E-state index contributed by atoms with van der Waals surface area (Å²) >= 11 is 0. The van der Waals surface area contributed by atoms with E-state index in [1.807, 2.05) is 6.92 Å². The SMILES string of the molecule is COC(=O)c1ccc(C)c(NC(=O)[C@H](C)n2cccn2)c1. The molecule has 0 aliphatic carbocycles. The van der Waals surface area contributed by atoms with Crippen molar-refractivity contribution in [1.29, 1.82) is 0 Å². The van der Waals surface area contributed by atoms with Crippen molar-refractivity contribution < 1.29 is 14.3 Å². The third-order valence-electron chi connectivity index (χ3n) is 3.22. The minimum Gasteiger partial charge on any atom is -0.465 e. The molecule has 0 saturated carbocycles. The number of anilines is 1. The van der Waals surface area contributed by atoms with Gasteiger partial charge in [0.05, 0.1) is 12.7 Å². The number of esters is 1. The second kappa shape index (κ2) is 6.21. The molecule has 6 heteroatoms. The molecule has 1 heterocycles. The first-order valence-electron chi connectivity index (χ1n) is 6.52. The van der Waals surface area contributed by atoms with Gasteiger partial charge >= 0.3 is 5.97 Å². The molecular weight excluding hydrogens is 270 g/mol. The third kappa shape index (κ3) is 3.28. The van der Waals surface area contributed by atoms with Crippen LogP contribution in [0.4, 0.5) is 5.69 Å². The van der Waals surface area contributed by atoms with E-state index < -0.39 is 12.0 Å². The number of carbonyl (C=O) groups excluding carboxylic acids is 2. The largest absolute Gasteiger partial charge is 0.465 e. The van der Waals surface area contributed by atoms with Crippen LogP contribution in [-0.4, -0.2) is 28.8 Å². The molecule has 0 fully saturated rings. The molecule has 1 atom stereocenters. The summed E-state index contributed by atoms with van der Waals surface area (Å²) < 4.78 is 6.24. The van der Waals surface area contributed by atoms with E-state index >= 15 is 0 Å². The van der Waals surface area contributed by atoms with Crippen LogP contribution in [0.25, 0.3) is 0 Å². The molecule has 1 N–H and O–H groups in total. The number of methoxy groups -OCH3 is 1. The number of hydrogen-bond donors (Lipinski definition) is 1. The summed E-state index contributed by atoms with van der Waals surface area (Å²) in [6.45, 7) is 3.61. The molecule has 0 saturated heterocycles. The molecule has 0 unspecified atom stereocenters. The van der Waals surface area contributed by atoms with Crippen LogP contribution in [0.1, 0.15) is 28.9 Å². The summed E-state index contributed by atoms with van der Waals surface area (Å²) in [6.07, 6.45) is 3.34. The molecular formula is C15H17N3O3. The minimum atomic E-state index is -0.443. The summed E-state index contributed by atoms with van der Waals surface area (Å²) in [4.78, 5) is 23.8. The smallest absolute Gasteiger partial charge is 0.337 e. The van der Waals surface area contributed by atoms with E-state index in [-0.39, 0.29) is 5.91 Å². The van der Waals surface area contributed by atoms with E-state index in [1.165, 1.54) is 7.11 Å². The van der Waals surface area contributed by atoms with Gasteiger partial charge in [0.1, 0.15) is 6.04 Å². The Labute approximate surface area is 122 Å². The molecule has 21 heavy (non-hydrogen) atoms. The van der Waals surface area contributed by atoms with Gasteiger partial charge < -0.3 is 10.1 Å². The van der Waals surface area contributed by atoms with E-state index in [1.54, 1.807) is 48.3 Å². The Morgan fingerprint density at radius 3 is 2.76 bits per heavy atom. The number of hydrogen-bond acceptors (Lipinski definition) is 4. The van der Waals surface area contributed by atoms with Gasteiger partial charge in [-0.1, -0.05) is 6.07 Å². The Hall–Kier alpha value is -2.63. The van der Waals surface area contributed by atoms with Crippen molar-refractivity contribution >= 4 is 17.6 Å². The normalized spacial score (nSPS) is 11.8. The fourth-order valence-corrected chi connectivity index (χ4v) is 1.87. The van der Waals surface area contributed by atoms with Crippen LogP contribution in [0.5, 0.6) is 0 Å². The summed E-state index contributed by atoms with van der Waals surface area (Å²) in [7, 11) is 1.32. The third-order valence-corrected chi connectivity index (χ3v) is 3.22. The number of rotatable bonds is 4. The van der Waals surface area contributed by atoms with Crippen LogP contribution in [-0.2, 0) is 9.53 Å². The highest BCUT2D eigenvalue weighted by Crippen LogP contribution is 2.19.